The van der Waals surface area contributed by atoms with Gasteiger partial charge in [-0.1, -0.05) is 11.8 Å². The standard InChI is InChI=1S/C26H34O2/c1-11-27-25-19(7)15(3)23(16(4)20(25)8)13-14-24-17(5)21(9)26(28-12-2)22(10)18(24)6/h11-12H2,1-10H3. The molecule has 0 saturated carbocycles. The van der Waals surface area contributed by atoms with E-state index in [9.17, 15) is 0 Å². The van der Waals surface area contributed by atoms with E-state index in [1.54, 1.807) is 0 Å². The fourth-order valence-corrected chi connectivity index (χ4v) is 3.78. The zero-order valence-corrected chi connectivity index (χ0v) is 19.2. The van der Waals surface area contributed by atoms with Gasteiger partial charge in [0.25, 0.3) is 0 Å². The number of rotatable bonds is 4. The summed E-state index contributed by atoms with van der Waals surface area (Å²) in [6.45, 7) is 22.5. The van der Waals surface area contributed by atoms with Crippen LogP contribution in [0, 0.1) is 67.2 Å². The highest BCUT2D eigenvalue weighted by molar-refractivity contribution is 5.64. The van der Waals surface area contributed by atoms with E-state index in [4.69, 9.17) is 9.47 Å². The van der Waals surface area contributed by atoms with Crippen molar-refractivity contribution in [3.05, 3.63) is 55.6 Å². The lowest BCUT2D eigenvalue weighted by molar-refractivity contribution is 0.334. The quantitative estimate of drug-likeness (QED) is 0.577. The molecule has 0 spiro atoms. The van der Waals surface area contributed by atoms with Crippen LogP contribution in [-0.2, 0) is 0 Å². The largest absolute Gasteiger partial charge is 0.493 e. The van der Waals surface area contributed by atoms with Crippen LogP contribution in [-0.4, -0.2) is 13.2 Å². The molecule has 28 heavy (non-hydrogen) atoms. The molecule has 0 atom stereocenters. The minimum Gasteiger partial charge on any atom is -0.493 e. The average molecular weight is 379 g/mol. The van der Waals surface area contributed by atoms with Crippen LogP contribution in [0.4, 0.5) is 0 Å². The minimum atomic E-state index is 0.675. The molecule has 0 amide bonds. The Morgan fingerprint density at radius 3 is 0.929 bits per heavy atom. The maximum absolute atomic E-state index is 5.89. The molecule has 2 aromatic rings. The smallest absolute Gasteiger partial charge is 0.125 e. The van der Waals surface area contributed by atoms with Crippen molar-refractivity contribution in [1.29, 1.82) is 0 Å². The average Bonchev–Trinajstić information content (AvgIpc) is 2.67. The molecule has 0 radical (unpaired) electrons. The molecule has 2 heteroatoms. The second-order valence-corrected chi connectivity index (χ2v) is 7.52. The van der Waals surface area contributed by atoms with Crippen molar-refractivity contribution in [2.45, 2.75) is 69.2 Å². The lowest BCUT2D eigenvalue weighted by Crippen LogP contribution is -2.04. The zero-order valence-electron chi connectivity index (χ0n) is 19.2. The van der Waals surface area contributed by atoms with E-state index in [-0.39, 0.29) is 0 Å². The van der Waals surface area contributed by atoms with E-state index >= 15 is 0 Å². The van der Waals surface area contributed by atoms with E-state index in [1.165, 1.54) is 44.5 Å². The van der Waals surface area contributed by atoms with Crippen molar-refractivity contribution in [1.82, 2.24) is 0 Å². The van der Waals surface area contributed by atoms with Crippen LogP contribution in [0.5, 0.6) is 11.5 Å². The van der Waals surface area contributed by atoms with Crippen molar-refractivity contribution in [2.24, 2.45) is 0 Å². The number of benzene rings is 2. The molecule has 0 fully saturated rings. The molecule has 2 rings (SSSR count). The Morgan fingerprint density at radius 1 is 0.464 bits per heavy atom. The minimum absolute atomic E-state index is 0.675. The molecular formula is C26H34O2. The molecule has 0 heterocycles. The molecule has 2 aromatic carbocycles. The monoisotopic (exact) mass is 378 g/mol. The van der Waals surface area contributed by atoms with Crippen LogP contribution < -0.4 is 9.47 Å². The molecule has 0 aliphatic heterocycles. The first-order chi connectivity index (χ1) is 13.2. The predicted molar refractivity (Wildman–Crippen MR) is 119 cm³/mol. The van der Waals surface area contributed by atoms with Gasteiger partial charge in [-0.3, -0.25) is 0 Å². The third-order valence-corrected chi connectivity index (χ3v) is 6.00. The molecule has 0 bridgehead atoms. The number of ether oxygens (including phenoxy) is 2. The van der Waals surface area contributed by atoms with Gasteiger partial charge in [-0.2, -0.15) is 0 Å². The highest BCUT2D eigenvalue weighted by Gasteiger charge is 2.16. The fraction of sp³-hybridized carbons (Fsp3) is 0.462. The lowest BCUT2D eigenvalue weighted by atomic mass is 9.91. The molecule has 0 saturated heterocycles. The summed E-state index contributed by atoms with van der Waals surface area (Å²) >= 11 is 0. The Hall–Kier alpha value is -2.40. The lowest BCUT2D eigenvalue weighted by Gasteiger charge is -2.19. The van der Waals surface area contributed by atoms with Gasteiger partial charge in [0.1, 0.15) is 11.5 Å². The van der Waals surface area contributed by atoms with Crippen LogP contribution in [0.15, 0.2) is 0 Å². The normalized spacial score (nSPS) is 10.5. The summed E-state index contributed by atoms with van der Waals surface area (Å²) in [6.07, 6.45) is 0. The maximum Gasteiger partial charge on any atom is 0.125 e. The Bertz CT molecular complexity index is 833. The highest BCUT2D eigenvalue weighted by Crippen LogP contribution is 2.34. The maximum atomic E-state index is 5.89. The van der Waals surface area contributed by atoms with E-state index in [0.29, 0.717) is 13.2 Å². The third kappa shape index (κ3) is 3.76. The van der Waals surface area contributed by atoms with E-state index in [2.05, 4.69) is 67.2 Å². The Kier molecular flexibility index (Phi) is 6.83. The molecule has 0 aromatic heterocycles. The van der Waals surface area contributed by atoms with Gasteiger partial charge < -0.3 is 9.47 Å². The van der Waals surface area contributed by atoms with Gasteiger partial charge in [0.05, 0.1) is 13.2 Å². The van der Waals surface area contributed by atoms with E-state index < -0.39 is 0 Å². The van der Waals surface area contributed by atoms with E-state index in [0.717, 1.165) is 22.6 Å². The summed E-state index contributed by atoms with van der Waals surface area (Å²) in [5.74, 6) is 8.99. The zero-order chi connectivity index (χ0) is 21.2. The van der Waals surface area contributed by atoms with Gasteiger partial charge in [-0.25, -0.2) is 0 Å². The summed E-state index contributed by atoms with van der Waals surface area (Å²) < 4.78 is 11.8. The van der Waals surface area contributed by atoms with Gasteiger partial charge in [0, 0.05) is 11.1 Å². The fourth-order valence-electron chi connectivity index (χ4n) is 3.78. The van der Waals surface area contributed by atoms with Crippen molar-refractivity contribution in [3.63, 3.8) is 0 Å². The van der Waals surface area contributed by atoms with Crippen LogP contribution >= 0.6 is 0 Å². The van der Waals surface area contributed by atoms with Gasteiger partial charge in [-0.15, -0.1) is 0 Å². The topological polar surface area (TPSA) is 18.5 Å². The molecule has 0 unspecified atom stereocenters. The van der Waals surface area contributed by atoms with Crippen molar-refractivity contribution in [3.8, 4) is 23.3 Å². The summed E-state index contributed by atoms with van der Waals surface area (Å²) in [4.78, 5) is 0. The van der Waals surface area contributed by atoms with Crippen LogP contribution in [0.2, 0.25) is 0 Å². The second kappa shape index (κ2) is 8.74. The Labute approximate surface area is 171 Å². The number of hydrogen-bond donors (Lipinski definition) is 0. The third-order valence-electron chi connectivity index (χ3n) is 6.00. The SMILES string of the molecule is CCOc1c(C)c(C)c(C#Cc2c(C)c(C)c(OCC)c(C)c2C)c(C)c1C. The second-order valence-electron chi connectivity index (χ2n) is 7.52. The van der Waals surface area contributed by atoms with Gasteiger partial charge >= 0.3 is 0 Å². The molecule has 0 aliphatic rings. The summed E-state index contributed by atoms with van der Waals surface area (Å²) in [5.41, 5.74) is 11.8. The molecule has 0 N–H and O–H groups in total. The van der Waals surface area contributed by atoms with Gasteiger partial charge in [0.15, 0.2) is 0 Å². The first-order valence-corrected chi connectivity index (χ1v) is 10.1. The molecule has 2 nitrogen and oxygen atoms in total. The molecule has 150 valence electrons. The molecule has 0 aliphatic carbocycles. The number of hydrogen-bond acceptors (Lipinski definition) is 2. The van der Waals surface area contributed by atoms with Crippen molar-refractivity contribution < 1.29 is 9.47 Å². The van der Waals surface area contributed by atoms with Gasteiger partial charge in [0.2, 0.25) is 0 Å². The van der Waals surface area contributed by atoms with Crippen molar-refractivity contribution in [2.75, 3.05) is 13.2 Å². The Morgan fingerprint density at radius 2 is 0.714 bits per heavy atom. The first-order valence-electron chi connectivity index (χ1n) is 10.1. The van der Waals surface area contributed by atoms with Crippen LogP contribution in [0.1, 0.15) is 69.5 Å². The summed E-state index contributed by atoms with van der Waals surface area (Å²) in [5, 5.41) is 0. The van der Waals surface area contributed by atoms with Gasteiger partial charge in [-0.05, 0) is 114 Å². The summed E-state index contributed by atoms with van der Waals surface area (Å²) in [7, 11) is 0. The van der Waals surface area contributed by atoms with Crippen molar-refractivity contribution >= 4 is 0 Å². The summed E-state index contributed by atoms with van der Waals surface area (Å²) in [6, 6.07) is 0. The molecular weight excluding hydrogens is 344 g/mol. The first kappa shape index (κ1) is 21.9. The van der Waals surface area contributed by atoms with Crippen LogP contribution in [0.25, 0.3) is 0 Å². The van der Waals surface area contributed by atoms with Crippen LogP contribution in [0.3, 0.4) is 0 Å². The highest BCUT2D eigenvalue weighted by atomic mass is 16.5. The predicted octanol–water partition coefficient (Wildman–Crippen LogP) is 6.35. The van der Waals surface area contributed by atoms with E-state index in [1.807, 2.05) is 13.8 Å². The Balaban J connectivity index is 2.68.